The second kappa shape index (κ2) is 3.44. The number of carbonyl (C=O) groups excluding carboxylic acids is 1. The van der Waals surface area contributed by atoms with Crippen molar-refractivity contribution in [2.75, 3.05) is 13.1 Å². The van der Waals surface area contributed by atoms with Gasteiger partial charge in [-0.25, -0.2) is 0 Å². The zero-order valence-electron chi connectivity index (χ0n) is 7.31. The van der Waals surface area contributed by atoms with E-state index in [1.165, 1.54) is 0 Å². The van der Waals surface area contributed by atoms with Gasteiger partial charge in [-0.05, 0) is 5.56 Å². The van der Waals surface area contributed by atoms with Crippen molar-refractivity contribution in [1.82, 2.24) is 4.90 Å². The standard InChI is InChI=1S/C11H11NO/c13-9-6-11(12-7-8-12)10-4-2-1-3-5-10/h1-6,9H,7-8H2/b11-6-. The molecule has 0 N–H and O–H groups in total. The first-order chi connectivity index (χ1) is 6.42. The van der Waals surface area contributed by atoms with Gasteiger partial charge in [0.05, 0.1) is 0 Å². The van der Waals surface area contributed by atoms with E-state index >= 15 is 0 Å². The second-order valence-electron chi connectivity index (χ2n) is 3.04. The lowest BCUT2D eigenvalue weighted by atomic mass is 10.1. The van der Waals surface area contributed by atoms with Gasteiger partial charge in [0.1, 0.15) is 6.29 Å². The van der Waals surface area contributed by atoms with E-state index in [9.17, 15) is 4.79 Å². The summed E-state index contributed by atoms with van der Waals surface area (Å²) < 4.78 is 0. The average molecular weight is 173 g/mol. The van der Waals surface area contributed by atoms with E-state index in [4.69, 9.17) is 0 Å². The lowest BCUT2D eigenvalue weighted by molar-refractivity contribution is -0.104. The average Bonchev–Trinajstić information content (AvgIpc) is 2.99. The Hall–Kier alpha value is -1.57. The quantitative estimate of drug-likeness (QED) is 0.392. The molecule has 0 amide bonds. The molecule has 0 spiro atoms. The first-order valence-corrected chi connectivity index (χ1v) is 4.37. The minimum Gasteiger partial charge on any atom is -0.367 e. The van der Waals surface area contributed by atoms with E-state index < -0.39 is 0 Å². The van der Waals surface area contributed by atoms with Gasteiger partial charge >= 0.3 is 0 Å². The van der Waals surface area contributed by atoms with Crippen molar-refractivity contribution in [3.63, 3.8) is 0 Å². The van der Waals surface area contributed by atoms with Crippen LogP contribution in [0.3, 0.4) is 0 Å². The van der Waals surface area contributed by atoms with Gasteiger partial charge in [-0.3, -0.25) is 4.79 Å². The van der Waals surface area contributed by atoms with Crippen molar-refractivity contribution in [3.05, 3.63) is 42.0 Å². The molecule has 1 aromatic rings. The Morgan fingerprint density at radius 2 is 1.92 bits per heavy atom. The highest BCUT2D eigenvalue weighted by Gasteiger charge is 2.20. The Kier molecular flexibility index (Phi) is 2.13. The first kappa shape index (κ1) is 8.05. The summed E-state index contributed by atoms with van der Waals surface area (Å²) in [5.74, 6) is 0. The lowest BCUT2D eigenvalue weighted by Gasteiger charge is -2.07. The summed E-state index contributed by atoms with van der Waals surface area (Å²) in [6.07, 6.45) is 2.48. The monoisotopic (exact) mass is 173 g/mol. The Balaban J connectivity index is 2.30. The molecule has 1 aromatic carbocycles. The van der Waals surface area contributed by atoms with Crippen LogP contribution in [0.25, 0.3) is 5.70 Å². The smallest absolute Gasteiger partial charge is 0.144 e. The predicted octanol–water partition coefficient (Wildman–Crippen LogP) is 1.54. The molecule has 13 heavy (non-hydrogen) atoms. The summed E-state index contributed by atoms with van der Waals surface area (Å²) in [6.45, 7) is 2.13. The number of nitrogens with zero attached hydrogens (tertiary/aromatic N) is 1. The lowest BCUT2D eigenvalue weighted by Crippen LogP contribution is -1.96. The number of hydrogen-bond donors (Lipinski definition) is 0. The van der Waals surface area contributed by atoms with E-state index in [1.807, 2.05) is 30.3 Å². The van der Waals surface area contributed by atoms with Gasteiger partial charge in [0.25, 0.3) is 0 Å². The number of allylic oxidation sites excluding steroid dienone is 1. The molecule has 2 nitrogen and oxygen atoms in total. The molecule has 0 aromatic heterocycles. The van der Waals surface area contributed by atoms with Gasteiger partial charge in [-0.1, -0.05) is 30.3 Å². The molecule has 66 valence electrons. The Labute approximate surface area is 77.5 Å². The maximum absolute atomic E-state index is 10.4. The minimum absolute atomic E-state index is 0.848. The Morgan fingerprint density at radius 3 is 2.46 bits per heavy atom. The van der Waals surface area contributed by atoms with Gasteiger partial charge in [-0.15, -0.1) is 0 Å². The highest BCUT2D eigenvalue weighted by molar-refractivity contribution is 5.81. The minimum atomic E-state index is 0.848. The molecule has 1 aliphatic heterocycles. The van der Waals surface area contributed by atoms with Crippen molar-refractivity contribution in [2.24, 2.45) is 0 Å². The molecule has 1 fully saturated rings. The third-order valence-electron chi connectivity index (χ3n) is 2.08. The largest absolute Gasteiger partial charge is 0.367 e. The maximum Gasteiger partial charge on any atom is 0.144 e. The molecule has 1 heterocycles. The molecule has 2 rings (SSSR count). The van der Waals surface area contributed by atoms with Crippen LogP contribution in [0, 0.1) is 0 Å². The topological polar surface area (TPSA) is 20.1 Å². The molecule has 1 aliphatic rings. The SMILES string of the molecule is O=C/C=C(/c1ccccc1)N1CC1. The fourth-order valence-corrected chi connectivity index (χ4v) is 1.35. The fourth-order valence-electron chi connectivity index (χ4n) is 1.35. The van der Waals surface area contributed by atoms with Crippen LogP contribution >= 0.6 is 0 Å². The van der Waals surface area contributed by atoms with Crippen LogP contribution < -0.4 is 0 Å². The van der Waals surface area contributed by atoms with Crippen LogP contribution in [0.1, 0.15) is 5.56 Å². The van der Waals surface area contributed by atoms with E-state index in [-0.39, 0.29) is 0 Å². The number of benzene rings is 1. The highest BCUT2D eigenvalue weighted by atomic mass is 16.1. The first-order valence-electron chi connectivity index (χ1n) is 4.37. The van der Waals surface area contributed by atoms with Crippen LogP contribution in [0.15, 0.2) is 36.4 Å². The van der Waals surface area contributed by atoms with E-state index in [0.29, 0.717) is 0 Å². The molecular formula is C11H11NO. The highest BCUT2D eigenvalue weighted by Crippen LogP contribution is 2.24. The molecule has 0 bridgehead atoms. The summed E-state index contributed by atoms with van der Waals surface area (Å²) in [7, 11) is 0. The van der Waals surface area contributed by atoms with E-state index in [1.54, 1.807) is 6.08 Å². The maximum atomic E-state index is 10.4. The molecule has 0 atom stereocenters. The summed E-state index contributed by atoms with van der Waals surface area (Å²) >= 11 is 0. The number of rotatable bonds is 3. The fraction of sp³-hybridized carbons (Fsp3) is 0.182. The molecule has 0 aliphatic carbocycles. The predicted molar refractivity (Wildman–Crippen MR) is 52.1 cm³/mol. The van der Waals surface area contributed by atoms with E-state index in [0.717, 1.165) is 30.6 Å². The molecule has 0 unspecified atom stereocenters. The summed E-state index contributed by atoms with van der Waals surface area (Å²) in [4.78, 5) is 12.6. The second-order valence-corrected chi connectivity index (χ2v) is 3.04. The van der Waals surface area contributed by atoms with Crippen LogP contribution in [-0.2, 0) is 4.79 Å². The van der Waals surface area contributed by atoms with E-state index in [2.05, 4.69) is 4.90 Å². The van der Waals surface area contributed by atoms with Crippen molar-refractivity contribution in [2.45, 2.75) is 0 Å². The zero-order chi connectivity index (χ0) is 9.10. The molecule has 1 saturated heterocycles. The van der Waals surface area contributed by atoms with Crippen LogP contribution in [0.2, 0.25) is 0 Å². The molecule has 2 heteroatoms. The third-order valence-corrected chi connectivity index (χ3v) is 2.08. The van der Waals surface area contributed by atoms with Crippen molar-refractivity contribution >= 4 is 12.0 Å². The van der Waals surface area contributed by atoms with Crippen LogP contribution in [-0.4, -0.2) is 24.3 Å². The Morgan fingerprint density at radius 1 is 1.23 bits per heavy atom. The number of hydrogen-bond acceptors (Lipinski definition) is 2. The van der Waals surface area contributed by atoms with Gasteiger partial charge in [0, 0.05) is 24.9 Å². The molecule has 0 radical (unpaired) electrons. The molecule has 0 saturated carbocycles. The van der Waals surface area contributed by atoms with Gasteiger partial charge in [0.15, 0.2) is 0 Å². The normalized spacial score (nSPS) is 15.7. The van der Waals surface area contributed by atoms with Crippen molar-refractivity contribution in [1.29, 1.82) is 0 Å². The number of carbonyl (C=O) groups is 1. The van der Waals surface area contributed by atoms with Crippen LogP contribution in [0.4, 0.5) is 0 Å². The Bertz CT molecular complexity index is 325. The summed E-state index contributed by atoms with van der Waals surface area (Å²) in [5.41, 5.74) is 2.16. The summed E-state index contributed by atoms with van der Waals surface area (Å²) in [5, 5.41) is 0. The molecular weight excluding hydrogens is 162 g/mol. The zero-order valence-corrected chi connectivity index (χ0v) is 7.31. The van der Waals surface area contributed by atoms with Gasteiger partial charge < -0.3 is 4.90 Å². The van der Waals surface area contributed by atoms with Crippen LogP contribution in [0.5, 0.6) is 0 Å². The third kappa shape index (κ3) is 1.78. The van der Waals surface area contributed by atoms with Crippen molar-refractivity contribution < 1.29 is 4.79 Å². The van der Waals surface area contributed by atoms with Gasteiger partial charge in [0.2, 0.25) is 0 Å². The van der Waals surface area contributed by atoms with Crippen molar-refractivity contribution in [3.8, 4) is 0 Å². The summed E-state index contributed by atoms with van der Waals surface area (Å²) in [6, 6.07) is 9.99. The number of aldehydes is 1. The van der Waals surface area contributed by atoms with Gasteiger partial charge in [-0.2, -0.15) is 0 Å².